The summed E-state index contributed by atoms with van der Waals surface area (Å²) in [5.74, 6) is -5.72. The molecule has 12 nitrogen and oxygen atoms in total. The van der Waals surface area contributed by atoms with Crippen molar-refractivity contribution < 1.29 is 39.3 Å². The molecule has 0 aromatic heterocycles. The van der Waals surface area contributed by atoms with Gasteiger partial charge in [-0.3, -0.25) is 19.2 Å². The molecule has 0 heterocycles. The Morgan fingerprint density at radius 3 is 1.79 bits per heavy atom. The number of aliphatic hydroxyl groups is 1. The molecule has 0 saturated carbocycles. The number of carboxylic acid groups (broad SMARTS) is 2. The molecule has 12 heteroatoms. The summed E-state index contributed by atoms with van der Waals surface area (Å²) < 4.78 is 0. The number of nitrogens with two attached hydrogens (primary N) is 1. The molecule has 0 bridgehead atoms. The number of hydrogen-bond donors (Lipinski definition) is 7. The van der Waals surface area contributed by atoms with Crippen molar-refractivity contribution in [1.29, 1.82) is 0 Å². The maximum absolute atomic E-state index is 12.2. The Hall–Kier alpha value is -2.73. The highest BCUT2D eigenvalue weighted by Crippen LogP contribution is 2.01. The molecule has 0 spiro atoms. The quantitative estimate of drug-likeness (QED) is 0.192. The molecule has 3 amide bonds. The van der Waals surface area contributed by atoms with Gasteiger partial charge in [0.2, 0.25) is 17.7 Å². The summed E-state index contributed by atoms with van der Waals surface area (Å²) >= 11 is 0. The highest BCUT2D eigenvalue weighted by molar-refractivity contribution is 5.95. The van der Waals surface area contributed by atoms with Crippen LogP contribution in [0.15, 0.2) is 0 Å². The first kappa shape index (κ1) is 25.3. The lowest BCUT2D eigenvalue weighted by Gasteiger charge is -2.24. The maximum Gasteiger partial charge on any atom is 0.328 e. The Morgan fingerprint density at radius 2 is 1.39 bits per heavy atom. The van der Waals surface area contributed by atoms with Gasteiger partial charge in [0, 0.05) is 0 Å². The van der Waals surface area contributed by atoms with E-state index in [1.54, 1.807) is 13.8 Å². The molecule has 0 radical (unpaired) electrons. The lowest BCUT2D eigenvalue weighted by Crippen LogP contribution is -2.58. The second-order valence-electron chi connectivity index (χ2n) is 6.72. The molecule has 0 aromatic rings. The van der Waals surface area contributed by atoms with Crippen LogP contribution in [0.4, 0.5) is 0 Å². The zero-order valence-corrected chi connectivity index (χ0v) is 16.1. The fourth-order valence-electron chi connectivity index (χ4n) is 2.00. The number of aliphatic carboxylic acids is 2. The van der Waals surface area contributed by atoms with Gasteiger partial charge in [-0.05, 0) is 19.8 Å². The minimum Gasteiger partial charge on any atom is -0.481 e. The largest absolute Gasteiger partial charge is 0.481 e. The van der Waals surface area contributed by atoms with Crippen molar-refractivity contribution in [2.24, 2.45) is 11.7 Å². The van der Waals surface area contributed by atoms with Crippen LogP contribution in [0.1, 0.15) is 34.1 Å². The van der Waals surface area contributed by atoms with Crippen LogP contribution in [0.5, 0.6) is 0 Å². The van der Waals surface area contributed by atoms with Gasteiger partial charge in [0.1, 0.15) is 12.1 Å². The Morgan fingerprint density at radius 1 is 0.857 bits per heavy atom. The number of rotatable bonds is 11. The summed E-state index contributed by atoms with van der Waals surface area (Å²) in [6.45, 7) is 5.86. The van der Waals surface area contributed by atoms with Crippen LogP contribution in [0, 0.1) is 5.92 Å². The fraction of sp³-hybridized carbons (Fsp3) is 0.688. The molecule has 0 rings (SSSR count). The molecule has 5 atom stereocenters. The van der Waals surface area contributed by atoms with E-state index >= 15 is 0 Å². The number of carbonyl (C=O) groups excluding carboxylic acids is 3. The molecule has 8 N–H and O–H groups in total. The van der Waals surface area contributed by atoms with Crippen molar-refractivity contribution in [3.63, 3.8) is 0 Å². The number of carboxylic acids is 2. The standard InChI is InChI=1S/C16H28N4O8/c1-6(2)11(17)15(26)18-7(3)13(24)19-9(5-10(22)23)14(25)20-12(8(4)21)16(27)28/h6-9,11-12,21H,5,17H2,1-4H3,(H,18,26)(H,19,24)(H,20,25)(H,22,23)(H,27,28). The minimum atomic E-state index is -1.69. The molecule has 0 aliphatic heterocycles. The van der Waals surface area contributed by atoms with Gasteiger partial charge in [0.05, 0.1) is 18.6 Å². The Bertz CT molecular complexity index is 607. The summed E-state index contributed by atoms with van der Waals surface area (Å²) in [5, 5.41) is 33.8. The topological polar surface area (TPSA) is 208 Å². The maximum atomic E-state index is 12.2. The van der Waals surface area contributed by atoms with E-state index in [4.69, 9.17) is 15.9 Å². The van der Waals surface area contributed by atoms with Crippen molar-refractivity contribution in [3.05, 3.63) is 0 Å². The third-order valence-corrected chi connectivity index (χ3v) is 3.83. The van der Waals surface area contributed by atoms with Crippen LogP contribution in [0.25, 0.3) is 0 Å². The van der Waals surface area contributed by atoms with E-state index in [-0.39, 0.29) is 5.92 Å². The summed E-state index contributed by atoms with van der Waals surface area (Å²) in [7, 11) is 0. The molecule has 0 fully saturated rings. The first-order valence-electron chi connectivity index (χ1n) is 8.57. The van der Waals surface area contributed by atoms with Crippen molar-refractivity contribution in [2.75, 3.05) is 0 Å². The van der Waals surface area contributed by atoms with E-state index in [0.717, 1.165) is 6.92 Å². The van der Waals surface area contributed by atoms with Gasteiger partial charge in [-0.1, -0.05) is 13.8 Å². The Kier molecular flexibility index (Phi) is 10.1. The molecule has 28 heavy (non-hydrogen) atoms. The SMILES string of the molecule is CC(NC(=O)C(N)C(C)C)C(=O)NC(CC(=O)O)C(=O)NC(C(=O)O)C(C)O. The number of carbonyl (C=O) groups is 5. The molecule has 0 aliphatic rings. The Balaban J connectivity index is 5.14. The molecular formula is C16H28N4O8. The molecule has 5 unspecified atom stereocenters. The first-order valence-corrected chi connectivity index (χ1v) is 8.57. The van der Waals surface area contributed by atoms with Crippen LogP contribution < -0.4 is 21.7 Å². The van der Waals surface area contributed by atoms with E-state index < -0.39 is 66.4 Å². The van der Waals surface area contributed by atoms with Crippen LogP contribution >= 0.6 is 0 Å². The van der Waals surface area contributed by atoms with E-state index in [1.165, 1.54) is 6.92 Å². The van der Waals surface area contributed by atoms with E-state index in [0.29, 0.717) is 0 Å². The van der Waals surface area contributed by atoms with Gasteiger partial charge >= 0.3 is 11.9 Å². The van der Waals surface area contributed by atoms with Crippen LogP contribution in [-0.2, 0) is 24.0 Å². The van der Waals surface area contributed by atoms with E-state index in [1.807, 2.05) is 5.32 Å². The van der Waals surface area contributed by atoms with Crippen molar-refractivity contribution >= 4 is 29.7 Å². The number of aliphatic hydroxyl groups excluding tert-OH is 1. The summed E-state index contributed by atoms with van der Waals surface area (Å²) in [6, 6.07) is -5.31. The lowest BCUT2D eigenvalue weighted by atomic mass is 10.0. The van der Waals surface area contributed by atoms with Gasteiger partial charge in [0.15, 0.2) is 6.04 Å². The second kappa shape index (κ2) is 11.2. The average molecular weight is 404 g/mol. The van der Waals surface area contributed by atoms with Crippen molar-refractivity contribution in [1.82, 2.24) is 16.0 Å². The van der Waals surface area contributed by atoms with Crippen molar-refractivity contribution in [2.45, 2.75) is 64.4 Å². The lowest BCUT2D eigenvalue weighted by molar-refractivity contribution is -0.146. The van der Waals surface area contributed by atoms with Gasteiger partial charge in [-0.15, -0.1) is 0 Å². The average Bonchev–Trinajstić information content (AvgIpc) is 2.56. The van der Waals surface area contributed by atoms with Gasteiger partial charge in [-0.25, -0.2) is 4.79 Å². The molecular weight excluding hydrogens is 376 g/mol. The van der Waals surface area contributed by atoms with Crippen LogP contribution in [-0.4, -0.2) is 75.3 Å². The van der Waals surface area contributed by atoms with Crippen LogP contribution in [0.3, 0.4) is 0 Å². The number of hydrogen-bond acceptors (Lipinski definition) is 7. The van der Waals surface area contributed by atoms with Gasteiger partial charge < -0.3 is 37.0 Å². The highest BCUT2D eigenvalue weighted by Gasteiger charge is 2.32. The summed E-state index contributed by atoms with van der Waals surface area (Å²) in [6.07, 6.45) is -2.30. The number of amides is 3. The van der Waals surface area contributed by atoms with E-state index in [9.17, 15) is 29.1 Å². The predicted molar refractivity (Wildman–Crippen MR) is 95.8 cm³/mol. The summed E-state index contributed by atoms with van der Waals surface area (Å²) in [5.41, 5.74) is 5.67. The smallest absolute Gasteiger partial charge is 0.328 e. The third-order valence-electron chi connectivity index (χ3n) is 3.83. The third kappa shape index (κ3) is 8.31. The first-order chi connectivity index (χ1) is 12.8. The zero-order valence-electron chi connectivity index (χ0n) is 16.1. The van der Waals surface area contributed by atoms with Gasteiger partial charge in [-0.2, -0.15) is 0 Å². The Labute approximate surface area is 161 Å². The monoisotopic (exact) mass is 404 g/mol. The molecule has 0 aliphatic carbocycles. The molecule has 0 saturated heterocycles. The second-order valence-corrected chi connectivity index (χ2v) is 6.72. The fourth-order valence-corrected chi connectivity index (χ4v) is 2.00. The van der Waals surface area contributed by atoms with Crippen LogP contribution in [0.2, 0.25) is 0 Å². The number of nitrogens with one attached hydrogen (secondary N) is 3. The highest BCUT2D eigenvalue weighted by atomic mass is 16.4. The van der Waals surface area contributed by atoms with E-state index in [2.05, 4.69) is 10.6 Å². The summed E-state index contributed by atoms with van der Waals surface area (Å²) in [4.78, 5) is 58.4. The predicted octanol–water partition coefficient (Wildman–Crippen LogP) is -2.62. The minimum absolute atomic E-state index is 0.186. The normalized spacial score (nSPS) is 16.2. The molecule has 160 valence electrons. The van der Waals surface area contributed by atoms with Gasteiger partial charge in [0.25, 0.3) is 0 Å². The molecule has 0 aromatic carbocycles. The van der Waals surface area contributed by atoms with Crippen molar-refractivity contribution in [3.8, 4) is 0 Å². The zero-order chi connectivity index (χ0) is 22.2.